The van der Waals surface area contributed by atoms with Gasteiger partial charge in [0.05, 0.1) is 22.2 Å². The Bertz CT molecular complexity index is 1250. The summed E-state index contributed by atoms with van der Waals surface area (Å²) in [6, 6.07) is 18.7. The van der Waals surface area contributed by atoms with Crippen LogP contribution in [0.25, 0.3) is 6.08 Å². The summed E-state index contributed by atoms with van der Waals surface area (Å²) in [5, 5.41) is 0.458. The molecule has 5 nitrogen and oxygen atoms in total. The van der Waals surface area contributed by atoms with Gasteiger partial charge < -0.3 is 14.2 Å². The number of rotatable bonds is 6. The number of aliphatic imine (C=N–C) groups is 1. The second-order valence-electron chi connectivity index (χ2n) is 7.07. The van der Waals surface area contributed by atoms with E-state index < -0.39 is 5.97 Å². The largest absolute Gasteiger partial charge is 0.493 e. The lowest BCUT2D eigenvalue weighted by Gasteiger charge is -2.14. The van der Waals surface area contributed by atoms with Crippen molar-refractivity contribution in [3.05, 3.63) is 98.1 Å². The Labute approximate surface area is 199 Å². The van der Waals surface area contributed by atoms with Crippen LogP contribution in [0.5, 0.6) is 11.5 Å². The molecule has 0 atom stereocenters. The van der Waals surface area contributed by atoms with Gasteiger partial charge in [0.15, 0.2) is 17.2 Å². The van der Waals surface area contributed by atoms with Gasteiger partial charge >= 0.3 is 5.97 Å². The fourth-order valence-electron chi connectivity index (χ4n) is 3.20. The number of hydrogen-bond donors (Lipinski definition) is 0. The number of nitrogens with zero attached hydrogens (tertiary/aromatic N) is 1. The molecule has 7 heteroatoms. The molecule has 0 radical (unpaired) electrons. The average molecular weight is 513 g/mol. The van der Waals surface area contributed by atoms with E-state index in [-0.39, 0.29) is 11.6 Å². The molecule has 0 aliphatic carbocycles. The molecule has 0 bridgehead atoms. The normalized spacial score (nSPS) is 14.3. The summed E-state index contributed by atoms with van der Waals surface area (Å²) in [5.74, 6) is 0.736. The van der Waals surface area contributed by atoms with E-state index in [4.69, 9.17) is 25.8 Å². The van der Waals surface area contributed by atoms with Gasteiger partial charge in [0.1, 0.15) is 6.61 Å². The maximum Gasteiger partial charge on any atom is 0.363 e. The van der Waals surface area contributed by atoms with Crippen molar-refractivity contribution < 1.29 is 19.0 Å². The van der Waals surface area contributed by atoms with Crippen molar-refractivity contribution in [2.45, 2.75) is 13.5 Å². The van der Waals surface area contributed by atoms with Gasteiger partial charge in [-0.05, 0) is 69.9 Å². The van der Waals surface area contributed by atoms with Gasteiger partial charge in [0.2, 0.25) is 5.90 Å². The van der Waals surface area contributed by atoms with E-state index in [1.807, 2.05) is 37.3 Å². The average Bonchev–Trinajstić information content (AvgIpc) is 3.14. The summed E-state index contributed by atoms with van der Waals surface area (Å²) in [5.41, 5.74) is 3.67. The third-order valence-electron chi connectivity index (χ3n) is 4.91. The molecule has 3 aromatic carbocycles. The Kier molecular flexibility index (Phi) is 6.63. The van der Waals surface area contributed by atoms with Gasteiger partial charge in [-0.3, -0.25) is 0 Å². The molecule has 0 spiro atoms. The summed E-state index contributed by atoms with van der Waals surface area (Å²) in [6.07, 6.45) is 1.63. The summed E-state index contributed by atoms with van der Waals surface area (Å²) in [4.78, 5) is 16.7. The molecule has 1 heterocycles. The Balaban J connectivity index is 1.61. The van der Waals surface area contributed by atoms with Crippen LogP contribution in [0.2, 0.25) is 5.02 Å². The molecule has 0 saturated heterocycles. The highest BCUT2D eigenvalue weighted by molar-refractivity contribution is 9.10. The highest BCUT2D eigenvalue weighted by Gasteiger charge is 2.25. The minimum atomic E-state index is -0.546. The summed E-state index contributed by atoms with van der Waals surface area (Å²) < 4.78 is 17.6. The second kappa shape index (κ2) is 9.59. The Morgan fingerprint density at radius 2 is 1.88 bits per heavy atom. The van der Waals surface area contributed by atoms with Crippen LogP contribution in [0, 0.1) is 6.92 Å². The van der Waals surface area contributed by atoms with Crippen LogP contribution in [-0.2, 0) is 16.1 Å². The van der Waals surface area contributed by atoms with Gasteiger partial charge in [0, 0.05) is 0 Å². The number of hydrogen-bond acceptors (Lipinski definition) is 5. The fraction of sp³-hybridized carbons (Fsp3) is 0.120. The maximum atomic E-state index is 12.4. The number of carbonyl (C=O) groups is 1. The highest BCUT2D eigenvalue weighted by atomic mass is 79.9. The van der Waals surface area contributed by atoms with Crippen molar-refractivity contribution in [2.24, 2.45) is 4.99 Å². The summed E-state index contributed by atoms with van der Waals surface area (Å²) in [7, 11) is 1.57. The zero-order valence-electron chi connectivity index (χ0n) is 17.4. The fourth-order valence-corrected chi connectivity index (χ4v) is 3.99. The molecular weight excluding hydrogens is 494 g/mol. The molecule has 0 fully saturated rings. The van der Waals surface area contributed by atoms with Crippen molar-refractivity contribution in [3.8, 4) is 11.5 Å². The molecule has 1 aliphatic rings. The Morgan fingerprint density at radius 1 is 1.12 bits per heavy atom. The standard InChI is InChI=1S/C25H19BrClNO4/c1-15-7-3-4-8-17(15)14-31-23-19(26)11-16(13-22(23)30-2)12-21-25(29)32-24(28-21)18-9-5-6-10-20(18)27/h3-13H,14H2,1-2H3/b21-12-. The van der Waals surface area contributed by atoms with Gasteiger partial charge in [0.25, 0.3) is 0 Å². The number of halogens is 2. The van der Waals surface area contributed by atoms with Gasteiger partial charge in [-0.1, -0.05) is 48.0 Å². The number of methoxy groups -OCH3 is 1. The van der Waals surface area contributed by atoms with Crippen molar-refractivity contribution in [3.63, 3.8) is 0 Å². The first kappa shape index (κ1) is 22.1. The molecule has 162 valence electrons. The van der Waals surface area contributed by atoms with E-state index in [9.17, 15) is 4.79 Å². The number of aryl methyl sites for hydroxylation is 1. The first-order valence-electron chi connectivity index (χ1n) is 9.78. The first-order valence-corrected chi connectivity index (χ1v) is 11.0. The predicted molar refractivity (Wildman–Crippen MR) is 128 cm³/mol. The van der Waals surface area contributed by atoms with Crippen LogP contribution in [0.4, 0.5) is 0 Å². The van der Waals surface area contributed by atoms with Gasteiger partial charge in [-0.15, -0.1) is 0 Å². The molecular formula is C25H19BrClNO4. The lowest BCUT2D eigenvalue weighted by atomic mass is 10.1. The van der Waals surface area contributed by atoms with Crippen LogP contribution < -0.4 is 9.47 Å². The number of ether oxygens (including phenoxy) is 3. The van der Waals surface area contributed by atoms with E-state index in [1.165, 1.54) is 0 Å². The monoisotopic (exact) mass is 511 g/mol. The maximum absolute atomic E-state index is 12.4. The van der Waals surface area contributed by atoms with E-state index >= 15 is 0 Å². The van der Waals surface area contributed by atoms with Crippen molar-refractivity contribution in [2.75, 3.05) is 7.11 Å². The smallest absolute Gasteiger partial charge is 0.363 e. The molecule has 0 N–H and O–H groups in total. The topological polar surface area (TPSA) is 57.1 Å². The molecule has 4 rings (SSSR count). The van der Waals surface area contributed by atoms with E-state index in [0.717, 1.165) is 11.1 Å². The van der Waals surface area contributed by atoms with Crippen LogP contribution in [0.3, 0.4) is 0 Å². The van der Waals surface area contributed by atoms with Crippen molar-refractivity contribution in [1.82, 2.24) is 0 Å². The predicted octanol–water partition coefficient (Wildman–Crippen LogP) is 6.34. The molecule has 0 amide bonds. The number of esters is 1. The Hall–Kier alpha value is -3.09. The number of benzene rings is 3. The highest BCUT2D eigenvalue weighted by Crippen LogP contribution is 2.38. The first-order chi connectivity index (χ1) is 15.5. The molecule has 0 unspecified atom stereocenters. The van der Waals surface area contributed by atoms with Crippen LogP contribution in [0.15, 0.2) is 75.8 Å². The quantitative estimate of drug-likeness (QED) is 0.285. The molecule has 3 aromatic rings. The van der Waals surface area contributed by atoms with Crippen LogP contribution in [-0.4, -0.2) is 19.0 Å². The number of carbonyl (C=O) groups excluding carboxylic acids is 1. The number of cyclic esters (lactones) is 1. The minimum Gasteiger partial charge on any atom is -0.493 e. The van der Waals surface area contributed by atoms with Crippen molar-refractivity contribution >= 4 is 45.5 Å². The lowest BCUT2D eigenvalue weighted by Crippen LogP contribution is -2.05. The molecule has 1 aliphatic heterocycles. The van der Waals surface area contributed by atoms with E-state index in [2.05, 4.69) is 20.9 Å². The third kappa shape index (κ3) is 4.71. The van der Waals surface area contributed by atoms with Gasteiger partial charge in [-0.2, -0.15) is 0 Å². The second-order valence-corrected chi connectivity index (χ2v) is 8.33. The van der Waals surface area contributed by atoms with Gasteiger partial charge in [-0.25, -0.2) is 9.79 Å². The Morgan fingerprint density at radius 3 is 2.62 bits per heavy atom. The minimum absolute atomic E-state index is 0.169. The lowest BCUT2D eigenvalue weighted by molar-refractivity contribution is -0.129. The van der Waals surface area contributed by atoms with Crippen LogP contribution in [0.1, 0.15) is 22.3 Å². The SMILES string of the molecule is COc1cc(/C=C2\N=C(c3ccccc3Cl)OC2=O)cc(Br)c1OCc1ccccc1C. The summed E-state index contributed by atoms with van der Waals surface area (Å²) >= 11 is 9.74. The molecule has 0 aromatic heterocycles. The van der Waals surface area contributed by atoms with E-state index in [0.29, 0.717) is 38.7 Å². The third-order valence-corrected chi connectivity index (χ3v) is 5.83. The van der Waals surface area contributed by atoms with Crippen LogP contribution >= 0.6 is 27.5 Å². The zero-order chi connectivity index (χ0) is 22.7. The molecule has 32 heavy (non-hydrogen) atoms. The van der Waals surface area contributed by atoms with E-state index in [1.54, 1.807) is 43.5 Å². The summed E-state index contributed by atoms with van der Waals surface area (Å²) in [6.45, 7) is 2.44. The molecule has 0 saturated carbocycles. The zero-order valence-corrected chi connectivity index (χ0v) is 19.7. The van der Waals surface area contributed by atoms with Crippen molar-refractivity contribution in [1.29, 1.82) is 0 Å².